The molecule has 0 bridgehead atoms. The van der Waals surface area contributed by atoms with E-state index >= 15 is 0 Å². The van der Waals surface area contributed by atoms with Crippen LogP contribution in [0.3, 0.4) is 0 Å². The van der Waals surface area contributed by atoms with E-state index in [-0.39, 0.29) is 12.1 Å². The molecule has 0 aliphatic carbocycles. The molecule has 0 spiro atoms. The normalized spacial score (nSPS) is 20.0. The molecule has 1 aliphatic rings. The van der Waals surface area contributed by atoms with E-state index in [4.69, 9.17) is 4.74 Å². The van der Waals surface area contributed by atoms with E-state index in [0.717, 1.165) is 18.7 Å². The highest BCUT2D eigenvalue weighted by molar-refractivity contribution is 5.78. The van der Waals surface area contributed by atoms with Gasteiger partial charge in [0.2, 0.25) is 5.91 Å². The highest BCUT2D eigenvalue weighted by Crippen LogP contribution is 2.18. The van der Waals surface area contributed by atoms with Gasteiger partial charge in [0.05, 0.1) is 6.54 Å². The van der Waals surface area contributed by atoms with Gasteiger partial charge in [-0.2, -0.15) is 0 Å². The maximum absolute atomic E-state index is 12.8. The molecule has 1 heterocycles. The number of likely N-dealkylation sites (N-methyl/N-ethyl adjacent to an activating group) is 1. The third kappa shape index (κ3) is 4.96. The molecular formula is C19H30N2O2. The number of piperidine rings is 1. The van der Waals surface area contributed by atoms with Crippen LogP contribution in [0.1, 0.15) is 46.5 Å². The van der Waals surface area contributed by atoms with Crippen LogP contribution in [0.5, 0.6) is 5.75 Å². The molecule has 4 nitrogen and oxygen atoms in total. The second-order valence-electron chi connectivity index (χ2n) is 6.29. The average Bonchev–Trinajstić information content (AvgIpc) is 2.57. The summed E-state index contributed by atoms with van der Waals surface area (Å²) < 4.78 is 6.04. The molecule has 0 radical (unpaired) electrons. The van der Waals surface area contributed by atoms with Gasteiger partial charge in [-0.25, -0.2) is 0 Å². The first-order valence-corrected chi connectivity index (χ1v) is 8.90. The number of nitrogens with zero attached hydrogens (tertiary/aromatic N) is 2. The maximum Gasteiger partial charge on any atom is 0.239 e. The van der Waals surface area contributed by atoms with E-state index in [1.165, 1.54) is 19.3 Å². The quantitative estimate of drug-likeness (QED) is 0.721. The van der Waals surface area contributed by atoms with Gasteiger partial charge in [0.25, 0.3) is 0 Å². The summed E-state index contributed by atoms with van der Waals surface area (Å²) >= 11 is 0. The van der Waals surface area contributed by atoms with Crippen LogP contribution in [0.2, 0.25) is 0 Å². The summed E-state index contributed by atoms with van der Waals surface area (Å²) in [5, 5.41) is 0. The van der Waals surface area contributed by atoms with E-state index in [1.54, 1.807) is 0 Å². The molecule has 1 aromatic rings. The number of amides is 1. The lowest BCUT2D eigenvalue weighted by Gasteiger charge is -2.36. The molecule has 0 saturated carbocycles. The van der Waals surface area contributed by atoms with Crippen LogP contribution in [-0.2, 0) is 4.79 Å². The molecule has 2 unspecified atom stereocenters. The molecule has 1 saturated heterocycles. The van der Waals surface area contributed by atoms with Gasteiger partial charge >= 0.3 is 0 Å². The summed E-state index contributed by atoms with van der Waals surface area (Å²) in [7, 11) is 0. The van der Waals surface area contributed by atoms with Crippen molar-refractivity contribution in [2.24, 2.45) is 0 Å². The van der Waals surface area contributed by atoms with E-state index in [9.17, 15) is 4.79 Å². The zero-order valence-corrected chi connectivity index (χ0v) is 14.7. The molecule has 0 N–H and O–H groups in total. The van der Waals surface area contributed by atoms with E-state index < -0.39 is 0 Å². The second-order valence-corrected chi connectivity index (χ2v) is 6.29. The molecule has 4 heteroatoms. The number of carbonyl (C=O) groups is 1. The monoisotopic (exact) mass is 318 g/mol. The Bertz CT molecular complexity index is 478. The van der Waals surface area contributed by atoms with Crippen LogP contribution in [0, 0.1) is 0 Å². The molecular weight excluding hydrogens is 288 g/mol. The van der Waals surface area contributed by atoms with Crippen LogP contribution in [0.4, 0.5) is 0 Å². The van der Waals surface area contributed by atoms with Gasteiger partial charge in [-0.1, -0.05) is 31.5 Å². The largest absolute Gasteiger partial charge is 0.470 e. The van der Waals surface area contributed by atoms with Crippen molar-refractivity contribution in [1.29, 1.82) is 0 Å². The number of ether oxygens (including phenoxy) is 1. The minimum atomic E-state index is -0.199. The van der Waals surface area contributed by atoms with Gasteiger partial charge in [0.15, 0.2) is 6.23 Å². The zero-order valence-electron chi connectivity index (χ0n) is 14.7. The number of carbonyl (C=O) groups excluding carboxylic acids is 1. The lowest BCUT2D eigenvalue weighted by molar-refractivity contribution is -0.141. The highest BCUT2D eigenvalue weighted by atomic mass is 16.5. The lowest BCUT2D eigenvalue weighted by Crippen LogP contribution is -2.50. The van der Waals surface area contributed by atoms with Crippen LogP contribution in [-0.4, -0.2) is 47.6 Å². The Morgan fingerprint density at radius 1 is 1.30 bits per heavy atom. The minimum Gasteiger partial charge on any atom is -0.470 e. The predicted molar refractivity (Wildman–Crippen MR) is 93.4 cm³/mol. The van der Waals surface area contributed by atoms with Gasteiger partial charge in [0, 0.05) is 19.0 Å². The first kappa shape index (κ1) is 17.8. The minimum absolute atomic E-state index is 0.170. The highest BCUT2D eigenvalue weighted by Gasteiger charge is 2.27. The van der Waals surface area contributed by atoms with Crippen molar-refractivity contribution in [2.45, 2.75) is 58.7 Å². The Kier molecular flexibility index (Phi) is 6.90. The molecule has 1 amide bonds. The van der Waals surface area contributed by atoms with Crippen molar-refractivity contribution >= 4 is 5.91 Å². The van der Waals surface area contributed by atoms with Gasteiger partial charge in [-0.3, -0.25) is 9.69 Å². The fourth-order valence-electron chi connectivity index (χ4n) is 3.22. The fraction of sp³-hybridized carbons (Fsp3) is 0.632. The van der Waals surface area contributed by atoms with Crippen molar-refractivity contribution < 1.29 is 9.53 Å². The summed E-state index contributed by atoms with van der Waals surface area (Å²) in [5.41, 5.74) is 0. The van der Waals surface area contributed by atoms with Crippen LogP contribution in [0.15, 0.2) is 30.3 Å². The smallest absolute Gasteiger partial charge is 0.239 e. The lowest BCUT2D eigenvalue weighted by atomic mass is 10.0. The maximum atomic E-state index is 12.8. The number of hydrogen-bond donors (Lipinski definition) is 0. The van der Waals surface area contributed by atoms with Crippen molar-refractivity contribution in [3.63, 3.8) is 0 Å². The summed E-state index contributed by atoms with van der Waals surface area (Å²) in [6, 6.07) is 10.3. The first-order valence-electron chi connectivity index (χ1n) is 8.90. The molecule has 1 fully saturated rings. The van der Waals surface area contributed by atoms with E-state index in [1.807, 2.05) is 42.2 Å². The first-order chi connectivity index (χ1) is 11.2. The van der Waals surface area contributed by atoms with Crippen molar-refractivity contribution in [1.82, 2.24) is 9.80 Å². The fourth-order valence-corrected chi connectivity index (χ4v) is 3.22. The summed E-state index contributed by atoms with van der Waals surface area (Å²) in [6.07, 6.45) is 4.25. The van der Waals surface area contributed by atoms with Gasteiger partial charge in [-0.05, 0) is 45.4 Å². The predicted octanol–water partition coefficient (Wildman–Crippen LogP) is 3.52. The van der Waals surface area contributed by atoms with Crippen molar-refractivity contribution in [3.05, 3.63) is 30.3 Å². The molecule has 128 valence electrons. The topological polar surface area (TPSA) is 32.8 Å². The number of likely N-dealkylation sites (tertiary alicyclic amines) is 1. The van der Waals surface area contributed by atoms with Crippen LogP contribution in [0.25, 0.3) is 0 Å². The van der Waals surface area contributed by atoms with E-state index in [0.29, 0.717) is 19.1 Å². The van der Waals surface area contributed by atoms with Crippen molar-refractivity contribution in [2.75, 3.05) is 19.6 Å². The van der Waals surface area contributed by atoms with Crippen LogP contribution >= 0.6 is 0 Å². The third-order valence-corrected chi connectivity index (χ3v) is 4.65. The van der Waals surface area contributed by atoms with Crippen molar-refractivity contribution in [3.8, 4) is 5.75 Å². The molecule has 0 aromatic heterocycles. The molecule has 1 aromatic carbocycles. The van der Waals surface area contributed by atoms with E-state index in [2.05, 4.69) is 18.7 Å². The standard InChI is InChI=1S/C19H30N2O2/c1-4-19(23-17-12-7-6-8-13-17)21(5-2)18(22)15-20-14-10-9-11-16(20)3/h6-8,12-13,16,19H,4-5,9-11,14-15H2,1-3H3. The molecule has 2 atom stereocenters. The number of benzene rings is 1. The Balaban J connectivity index is 1.99. The van der Waals surface area contributed by atoms with Crippen LogP contribution < -0.4 is 4.74 Å². The van der Waals surface area contributed by atoms with Gasteiger partial charge < -0.3 is 9.64 Å². The molecule has 2 rings (SSSR count). The Morgan fingerprint density at radius 3 is 2.65 bits per heavy atom. The number of hydrogen-bond acceptors (Lipinski definition) is 3. The Labute approximate surface area is 140 Å². The second kappa shape index (κ2) is 8.92. The Morgan fingerprint density at radius 2 is 2.04 bits per heavy atom. The summed E-state index contributed by atoms with van der Waals surface area (Å²) in [5.74, 6) is 0.987. The molecule has 1 aliphatic heterocycles. The number of rotatable bonds is 7. The van der Waals surface area contributed by atoms with Gasteiger partial charge in [-0.15, -0.1) is 0 Å². The average molecular weight is 318 g/mol. The SMILES string of the molecule is CCC(Oc1ccccc1)N(CC)C(=O)CN1CCCCC1C. The third-order valence-electron chi connectivity index (χ3n) is 4.65. The molecule has 23 heavy (non-hydrogen) atoms. The Hall–Kier alpha value is -1.55. The summed E-state index contributed by atoms with van der Waals surface area (Å²) in [6.45, 7) is 8.51. The van der Waals surface area contributed by atoms with Gasteiger partial charge in [0.1, 0.15) is 5.75 Å². The number of para-hydroxylation sites is 1. The summed E-state index contributed by atoms with van der Waals surface area (Å²) in [4.78, 5) is 17.0. The zero-order chi connectivity index (χ0) is 16.7.